The van der Waals surface area contributed by atoms with Crippen LogP contribution < -0.4 is 15.6 Å². The number of nitrogens with zero attached hydrogens (tertiary/aromatic N) is 2. The van der Waals surface area contributed by atoms with Gasteiger partial charge in [-0.3, -0.25) is 14.2 Å². The number of ether oxygens (including phenoxy) is 1. The number of para-hydroxylation sites is 1. The molecule has 0 radical (unpaired) electrons. The third-order valence-electron chi connectivity index (χ3n) is 4.80. The Kier molecular flexibility index (Phi) is 5.30. The number of fused-ring (bicyclic) bond motifs is 1. The zero-order chi connectivity index (χ0) is 21.1. The van der Waals surface area contributed by atoms with E-state index in [1.165, 1.54) is 4.57 Å². The topological polar surface area (TPSA) is 73.2 Å². The van der Waals surface area contributed by atoms with Gasteiger partial charge in [-0.15, -0.1) is 0 Å². The summed E-state index contributed by atoms with van der Waals surface area (Å²) < 4.78 is 7.11. The molecule has 3 aromatic carbocycles. The van der Waals surface area contributed by atoms with Crippen LogP contribution in [0.4, 0.5) is 5.69 Å². The highest BCUT2D eigenvalue weighted by atomic mass is 16.5. The van der Waals surface area contributed by atoms with Crippen LogP contribution in [0, 0.1) is 6.92 Å². The van der Waals surface area contributed by atoms with E-state index in [-0.39, 0.29) is 18.1 Å². The molecule has 6 heteroatoms. The molecule has 30 heavy (non-hydrogen) atoms. The monoisotopic (exact) mass is 399 g/mol. The maximum Gasteiger partial charge on any atom is 0.262 e. The van der Waals surface area contributed by atoms with Crippen LogP contribution in [0.3, 0.4) is 0 Å². The number of amides is 1. The van der Waals surface area contributed by atoms with E-state index >= 15 is 0 Å². The zero-order valence-electron chi connectivity index (χ0n) is 16.8. The molecule has 4 rings (SSSR count). The van der Waals surface area contributed by atoms with Gasteiger partial charge in [0.05, 0.1) is 10.9 Å². The summed E-state index contributed by atoms with van der Waals surface area (Å²) in [7, 11) is 1.71. The predicted octanol–water partition coefficient (Wildman–Crippen LogP) is 3.93. The van der Waals surface area contributed by atoms with Gasteiger partial charge >= 0.3 is 0 Å². The molecule has 0 aliphatic rings. The molecule has 0 spiro atoms. The lowest BCUT2D eigenvalue weighted by molar-refractivity contribution is -0.118. The van der Waals surface area contributed by atoms with Crippen molar-refractivity contribution in [1.29, 1.82) is 0 Å². The van der Waals surface area contributed by atoms with E-state index in [1.54, 1.807) is 25.2 Å². The molecule has 1 heterocycles. The Balaban J connectivity index is 1.46. The highest BCUT2D eigenvalue weighted by molar-refractivity contribution is 5.91. The molecule has 0 saturated carbocycles. The fraction of sp³-hybridized carbons (Fsp3) is 0.125. The smallest absolute Gasteiger partial charge is 0.262 e. The van der Waals surface area contributed by atoms with Crippen LogP contribution in [0.1, 0.15) is 5.56 Å². The Bertz CT molecular complexity index is 1260. The second kappa shape index (κ2) is 8.21. The van der Waals surface area contributed by atoms with Crippen LogP contribution in [-0.4, -0.2) is 22.1 Å². The third-order valence-corrected chi connectivity index (χ3v) is 4.80. The lowest BCUT2D eigenvalue weighted by Gasteiger charge is -2.11. The van der Waals surface area contributed by atoms with Crippen molar-refractivity contribution in [1.82, 2.24) is 9.55 Å². The summed E-state index contributed by atoms with van der Waals surface area (Å²) in [5.74, 6) is 0.896. The number of hydrogen-bond acceptors (Lipinski definition) is 4. The normalized spacial score (nSPS) is 10.7. The average molecular weight is 399 g/mol. The first-order valence-corrected chi connectivity index (χ1v) is 9.57. The molecular weight excluding hydrogens is 378 g/mol. The van der Waals surface area contributed by atoms with Crippen molar-refractivity contribution < 1.29 is 9.53 Å². The maximum absolute atomic E-state index is 12.6. The fourth-order valence-corrected chi connectivity index (χ4v) is 3.16. The Morgan fingerprint density at radius 3 is 2.43 bits per heavy atom. The molecule has 6 nitrogen and oxygen atoms in total. The zero-order valence-corrected chi connectivity index (χ0v) is 16.8. The molecule has 1 aromatic heterocycles. The molecule has 150 valence electrons. The van der Waals surface area contributed by atoms with E-state index in [1.807, 2.05) is 61.5 Å². The molecule has 0 aliphatic carbocycles. The van der Waals surface area contributed by atoms with Crippen molar-refractivity contribution in [2.24, 2.45) is 7.05 Å². The summed E-state index contributed by atoms with van der Waals surface area (Å²) in [6.07, 6.45) is 0. The van der Waals surface area contributed by atoms with Gasteiger partial charge in [-0.05, 0) is 55.5 Å². The highest BCUT2D eigenvalue weighted by Crippen LogP contribution is 2.21. The second-order valence-electron chi connectivity index (χ2n) is 7.04. The first kappa shape index (κ1) is 19.4. The minimum absolute atomic E-state index is 0.0938. The molecule has 0 fully saturated rings. The maximum atomic E-state index is 12.6. The first-order valence-electron chi connectivity index (χ1n) is 9.57. The van der Waals surface area contributed by atoms with Gasteiger partial charge in [-0.25, -0.2) is 4.98 Å². The summed E-state index contributed by atoms with van der Waals surface area (Å²) in [5, 5.41) is 3.38. The fourth-order valence-electron chi connectivity index (χ4n) is 3.16. The second-order valence-corrected chi connectivity index (χ2v) is 7.04. The molecule has 0 atom stereocenters. The summed E-state index contributed by atoms with van der Waals surface area (Å²) in [6.45, 7) is 1.89. The van der Waals surface area contributed by atoms with E-state index in [9.17, 15) is 9.59 Å². The molecule has 4 aromatic rings. The number of hydrogen-bond donors (Lipinski definition) is 1. The van der Waals surface area contributed by atoms with Crippen LogP contribution in [0.15, 0.2) is 77.6 Å². The number of aromatic nitrogens is 2. The van der Waals surface area contributed by atoms with Crippen LogP contribution in [-0.2, 0) is 11.8 Å². The van der Waals surface area contributed by atoms with Gasteiger partial charge < -0.3 is 10.1 Å². The van der Waals surface area contributed by atoms with Gasteiger partial charge in [0, 0.05) is 18.3 Å². The van der Waals surface area contributed by atoms with E-state index in [2.05, 4.69) is 10.3 Å². The van der Waals surface area contributed by atoms with Gasteiger partial charge in [0.2, 0.25) is 0 Å². The van der Waals surface area contributed by atoms with Crippen LogP contribution in [0.25, 0.3) is 22.3 Å². The molecule has 1 N–H and O–H groups in total. The minimum atomic E-state index is -0.235. The van der Waals surface area contributed by atoms with Gasteiger partial charge in [0.15, 0.2) is 6.61 Å². The average Bonchev–Trinajstić information content (AvgIpc) is 2.77. The lowest BCUT2D eigenvalue weighted by Crippen LogP contribution is -2.20. The summed E-state index contributed by atoms with van der Waals surface area (Å²) >= 11 is 0. The molecule has 0 unspecified atom stereocenters. The van der Waals surface area contributed by atoms with Crippen molar-refractivity contribution in [3.05, 3.63) is 88.7 Å². The van der Waals surface area contributed by atoms with Crippen LogP contribution in [0.5, 0.6) is 5.75 Å². The summed E-state index contributed by atoms with van der Waals surface area (Å²) in [6, 6.07) is 22.0. The standard InChI is InChI=1S/C24H21N3O3/c1-16-7-11-18(12-8-16)25-22(28)15-30-19-13-9-17(10-14-19)23-26-21-6-4-3-5-20(21)24(29)27(23)2/h3-14H,15H2,1-2H3,(H,25,28). The highest BCUT2D eigenvalue weighted by Gasteiger charge is 2.10. The number of carbonyl (C=O) groups excluding carboxylic acids is 1. The van der Waals surface area contributed by atoms with Crippen molar-refractivity contribution in [2.45, 2.75) is 6.92 Å². The van der Waals surface area contributed by atoms with Crippen molar-refractivity contribution in [2.75, 3.05) is 11.9 Å². The van der Waals surface area contributed by atoms with Crippen molar-refractivity contribution >= 4 is 22.5 Å². The number of anilines is 1. The molecule has 0 aliphatic heterocycles. The van der Waals surface area contributed by atoms with Crippen LogP contribution >= 0.6 is 0 Å². The van der Waals surface area contributed by atoms with Crippen LogP contribution in [0.2, 0.25) is 0 Å². The van der Waals surface area contributed by atoms with Crippen molar-refractivity contribution in [3.8, 4) is 17.1 Å². The van der Waals surface area contributed by atoms with E-state index in [0.717, 1.165) is 16.8 Å². The number of rotatable bonds is 5. The van der Waals surface area contributed by atoms with Gasteiger partial charge in [0.1, 0.15) is 11.6 Å². The van der Waals surface area contributed by atoms with Gasteiger partial charge in [-0.1, -0.05) is 29.8 Å². The molecular formula is C24H21N3O3. The first-order chi connectivity index (χ1) is 14.5. The largest absolute Gasteiger partial charge is 0.484 e. The quantitative estimate of drug-likeness (QED) is 0.552. The molecule has 0 bridgehead atoms. The van der Waals surface area contributed by atoms with E-state index < -0.39 is 0 Å². The Hall–Kier alpha value is -3.93. The van der Waals surface area contributed by atoms with E-state index in [0.29, 0.717) is 22.5 Å². The third kappa shape index (κ3) is 4.07. The number of carbonyl (C=O) groups is 1. The summed E-state index contributed by atoms with van der Waals surface area (Å²) in [4.78, 5) is 29.3. The molecule has 0 saturated heterocycles. The number of benzene rings is 3. The van der Waals surface area contributed by atoms with E-state index in [4.69, 9.17) is 4.74 Å². The Labute approximate surface area is 173 Å². The van der Waals surface area contributed by atoms with Gasteiger partial charge in [0.25, 0.3) is 11.5 Å². The lowest BCUT2D eigenvalue weighted by atomic mass is 10.1. The number of nitrogens with one attached hydrogen (secondary N) is 1. The van der Waals surface area contributed by atoms with Gasteiger partial charge in [-0.2, -0.15) is 0 Å². The Morgan fingerprint density at radius 2 is 1.70 bits per heavy atom. The SMILES string of the molecule is Cc1ccc(NC(=O)COc2ccc(-c3nc4ccccc4c(=O)n3C)cc2)cc1. The predicted molar refractivity (Wildman–Crippen MR) is 118 cm³/mol. The minimum Gasteiger partial charge on any atom is -0.484 e. The Morgan fingerprint density at radius 1 is 1.00 bits per heavy atom. The summed E-state index contributed by atoms with van der Waals surface area (Å²) in [5.41, 5.74) is 3.21. The van der Waals surface area contributed by atoms with Crippen molar-refractivity contribution in [3.63, 3.8) is 0 Å². The number of aryl methyl sites for hydroxylation is 1. The molecule has 1 amide bonds.